The van der Waals surface area contributed by atoms with Crippen molar-refractivity contribution in [2.24, 2.45) is 56.6 Å². The Labute approximate surface area is 243 Å². The maximum atomic E-state index is 12.2. The van der Waals surface area contributed by atoms with Crippen molar-refractivity contribution in [1.29, 1.82) is 0 Å². The number of nitrogens with zero attached hydrogens (tertiary/aromatic N) is 2. The van der Waals surface area contributed by atoms with E-state index in [2.05, 4.69) is 36.3 Å². The van der Waals surface area contributed by atoms with Crippen LogP contribution in [0.5, 0.6) is 0 Å². The van der Waals surface area contributed by atoms with Crippen LogP contribution in [-0.4, -0.2) is 59.3 Å². The SMILES string of the molecule is C[C@H](CCC(=O)NCCS(=O)(=O)[O-])[C@H]1CC[C@H]2C3[C@H](C[C@H](O)[C@]12C)[C@@]1(C)CC[C@@H](O)C[C@H]1CC31N=N1.[Na+]. The standard InChI is InChI=1S/C26H43N3O6S.Na/c1-15(4-7-22(32)27-10-11-36(33,34)35)18-5-6-19-23-20(13-21(31)25(18,19)3)24(2)9-8-17(30)12-16(24)14-26(23)28-29-26;/h15-21,23,30-31H,4-14H2,1-3H3,(H,27,32)(H,33,34,35);/q;+1/p-1/t15-,16+,17-,18-,19+,20+,21+,23?,24+,25-;/m1./s1. The Morgan fingerprint density at radius 1 is 1.14 bits per heavy atom. The van der Waals surface area contributed by atoms with Crippen LogP contribution < -0.4 is 34.9 Å². The number of carbonyl (C=O) groups is 1. The molecule has 11 heteroatoms. The first kappa shape index (κ1) is 29.9. The smallest absolute Gasteiger partial charge is 0.748 e. The maximum absolute atomic E-state index is 12.2. The van der Waals surface area contributed by atoms with E-state index in [-0.39, 0.29) is 82.9 Å². The molecule has 4 aliphatic carbocycles. The fraction of sp³-hybridized carbons (Fsp3) is 0.962. The Bertz CT molecular complexity index is 1020. The number of hydrogen-bond donors (Lipinski definition) is 3. The number of nitrogens with one attached hydrogen (secondary N) is 1. The van der Waals surface area contributed by atoms with Crippen LogP contribution in [0.3, 0.4) is 0 Å². The second-order valence-electron chi connectivity index (χ2n) is 13.1. The Morgan fingerprint density at radius 3 is 2.49 bits per heavy atom. The molecule has 37 heavy (non-hydrogen) atoms. The average Bonchev–Trinajstić information content (AvgIpc) is 3.46. The van der Waals surface area contributed by atoms with E-state index in [0.29, 0.717) is 30.1 Å². The molecule has 0 radical (unpaired) electrons. The molecule has 3 N–H and O–H groups in total. The van der Waals surface area contributed by atoms with E-state index in [1.165, 1.54) is 0 Å². The van der Waals surface area contributed by atoms with E-state index in [1.54, 1.807) is 0 Å². The molecule has 1 unspecified atom stereocenters. The van der Waals surface area contributed by atoms with E-state index in [9.17, 15) is 28.0 Å². The molecule has 0 aromatic carbocycles. The molecule has 0 saturated heterocycles. The zero-order chi connectivity index (χ0) is 26.1. The molecule has 1 amide bonds. The van der Waals surface area contributed by atoms with E-state index < -0.39 is 22.0 Å². The molecular formula is C26H42N3NaO6S. The van der Waals surface area contributed by atoms with E-state index >= 15 is 0 Å². The molecule has 5 rings (SSSR count). The van der Waals surface area contributed by atoms with Crippen molar-refractivity contribution in [3.8, 4) is 0 Å². The van der Waals surface area contributed by atoms with Gasteiger partial charge < -0.3 is 20.1 Å². The minimum Gasteiger partial charge on any atom is -0.748 e. The number of amides is 1. The molecule has 4 fully saturated rings. The Morgan fingerprint density at radius 2 is 1.84 bits per heavy atom. The summed E-state index contributed by atoms with van der Waals surface area (Å²) in [5.74, 6) is 1.07. The number of aliphatic hydroxyl groups is 2. The molecule has 5 aliphatic rings. The number of aliphatic hydroxyl groups excluding tert-OH is 2. The fourth-order valence-electron chi connectivity index (χ4n) is 9.40. The van der Waals surface area contributed by atoms with Crippen LogP contribution in [0.1, 0.15) is 78.6 Å². The molecule has 10 atom stereocenters. The summed E-state index contributed by atoms with van der Waals surface area (Å²) < 4.78 is 32.3. The molecular weight excluding hydrogens is 505 g/mol. The predicted octanol–water partition coefficient (Wildman–Crippen LogP) is -0.169. The van der Waals surface area contributed by atoms with Crippen molar-refractivity contribution in [2.45, 2.75) is 96.4 Å². The monoisotopic (exact) mass is 547 g/mol. The Kier molecular flexibility index (Phi) is 8.38. The van der Waals surface area contributed by atoms with Crippen LogP contribution in [0.4, 0.5) is 0 Å². The van der Waals surface area contributed by atoms with E-state index in [0.717, 1.165) is 44.9 Å². The van der Waals surface area contributed by atoms with Crippen LogP contribution in [0, 0.1) is 46.3 Å². The molecule has 204 valence electrons. The summed E-state index contributed by atoms with van der Waals surface area (Å²) in [4.78, 5) is 12.2. The van der Waals surface area contributed by atoms with Crippen molar-refractivity contribution in [1.82, 2.24) is 5.32 Å². The molecule has 0 aromatic heterocycles. The van der Waals surface area contributed by atoms with Gasteiger partial charge in [-0.25, -0.2) is 8.42 Å². The first-order chi connectivity index (χ1) is 16.8. The summed E-state index contributed by atoms with van der Waals surface area (Å²) in [5.41, 5.74) is -0.492. The Hall–Kier alpha value is -0.100. The first-order valence-corrected chi connectivity index (χ1v) is 15.4. The molecule has 1 spiro atoms. The Balaban J connectivity index is 0.00000320. The summed E-state index contributed by atoms with van der Waals surface area (Å²) in [5, 5.41) is 34.0. The minimum absolute atomic E-state index is 0. The summed E-state index contributed by atoms with van der Waals surface area (Å²) in [6.07, 6.45) is 6.62. The van der Waals surface area contributed by atoms with Gasteiger partial charge in [0, 0.05) is 25.3 Å². The quantitative estimate of drug-likeness (QED) is 0.297. The summed E-state index contributed by atoms with van der Waals surface area (Å²) in [6, 6.07) is 0. The van der Waals surface area contributed by atoms with Gasteiger partial charge >= 0.3 is 29.6 Å². The van der Waals surface area contributed by atoms with Crippen molar-refractivity contribution >= 4 is 16.0 Å². The maximum Gasteiger partial charge on any atom is 1.00 e. The number of carbonyl (C=O) groups excluding carboxylic acids is 1. The third kappa shape index (κ3) is 5.22. The van der Waals surface area contributed by atoms with Gasteiger partial charge in [0.05, 0.1) is 28.1 Å². The molecule has 4 saturated carbocycles. The van der Waals surface area contributed by atoms with Crippen molar-refractivity contribution in [3.63, 3.8) is 0 Å². The number of rotatable bonds is 7. The molecule has 1 heterocycles. The van der Waals surface area contributed by atoms with Gasteiger partial charge in [-0.05, 0) is 85.4 Å². The normalized spacial score (nSPS) is 44.2. The van der Waals surface area contributed by atoms with Crippen molar-refractivity contribution < 1.29 is 57.5 Å². The van der Waals surface area contributed by atoms with Gasteiger partial charge in [0.1, 0.15) is 0 Å². The van der Waals surface area contributed by atoms with Crippen LogP contribution in [0.2, 0.25) is 0 Å². The molecule has 9 nitrogen and oxygen atoms in total. The van der Waals surface area contributed by atoms with Gasteiger partial charge in [-0.2, -0.15) is 10.2 Å². The third-order valence-corrected chi connectivity index (χ3v) is 12.1. The number of fused-ring (bicyclic) bond motifs is 6. The van der Waals surface area contributed by atoms with Crippen LogP contribution >= 0.6 is 0 Å². The van der Waals surface area contributed by atoms with Crippen molar-refractivity contribution in [3.05, 3.63) is 0 Å². The van der Waals surface area contributed by atoms with Crippen LogP contribution in [-0.2, 0) is 14.9 Å². The molecule has 1 aliphatic heterocycles. The van der Waals surface area contributed by atoms with E-state index in [4.69, 9.17) is 0 Å². The second-order valence-corrected chi connectivity index (χ2v) is 14.6. The van der Waals surface area contributed by atoms with Crippen LogP contribution in [0.15, 0.2) is 10.2 Å². The van der Waals surface area contributed by atoms with Crippen molar-refractivity contribution in [2.75, 3.05) is 12.3 Å². The topological polar surface area (TPSA) is 151 Å². The minimum atomic E-state index is -4.34. The van der Waals surface area contributed by atoms with Gasteiger partial charge in [-0.1, -0.05) is 20.8 Å². The van der Waals surface area contributed by atoms with Gasteiger partial charge in [-0.3, -0.25) is 4.79 Å². The largest absolute Gasteiger partial charge is 1.00 e. The van der Waals surface area contributed by atoms with E-state index in [1.807, 2.05) is 0 Å². The summed E-state index contributed by atoms with van der Waals surface area (Å²) in [7, 11) is -4.34. The molecule has 0 bridgehead atoms. The third-order valence-electron chi connectivity index (χ3n) is 11.4. The molecule has 0 aromatic rings. The van der Waals surface area contributed by atoms with Crippen LogP contribution in [0.25, 0.3) is 0 Å². The second kappa shape index (κ2) is 10.4. The van der Waals surface area contributed by atoms with Gasteiger partial charge in [-0.15, -0.1) is 0 Å². The average molecular weight is 548 g/mol. The predicted molar refractivity (Wildman–Crippen MR) is 132 cm³/mol. The zero-order valence-corrected chi connectivity index (χ0v) is 25.5. The zero-order valence-electron chi connectivity index (χ0n) is 22.7. The van der Waals surface area contributed by atoms with Gasteiger partial charge in [0.25, 0.3) is 0 Å². The van der Waals surface area contributed by atoms with Gasteiger partial charge in [0.2, 0.25) is 5.91 Å². The number of hydrogen-bond acceptors (Lipinski definition) is 8. The fourth-order valence-corrected chi connectivity index (χ4v) is 9.76. The van der Waals surface area contributed by atoms with Gasteiger partial charge in [0.15, 0.2) is 5.66 Å². The first-order valence-electron chi connectivity index (χ1n) is 13.8. The summed E-state index contributed by atoms with van der Waals surface area (Å²) in [6.45, 7) is 6.64. The summed E-state index contributed by atoms with van der Waals surface area (Å²) >= 11 is 0.